The van der Waals surface area contributed by atoms with Crippen LogP contribution in [-0.2, 0) is 10.8 Å². The molecule has 0 aliphatic heterocycles. The second-order valence-corrected chi connectivity index (χ2v) is 11.0. The van der Waals surface area contributed by atoms with E-state index in [0.717, 1.165) is 31.6 Å². The Kier molecular flexibility index (Phi) is 4.98. The Bertz CT molecular complexity index is 414. The van der Waals surface area contributed by atoms with Gasteiger partial charge in [-0.1, -0.05) is 20.8 Å². The lowest BCUT2D eigenvalue weighted by Crippen LogP contribution is -2.40. The van der Waals surface area contributed by atoms with Gasteiger partial charge in [0.25, 0.3) is 0 Å². The van der Waals surface area contributed by atoms with Crippen molar-refractivity contribution in [1.82, 2.24) is 4.98 Å². The van der Waals surface area contributed by atoms with Crippen molar-refractivity contribution < 1.29 is 8.84 Å². The van der Waals surface area contributed by atoms with E-state index < -0.39 is 8.32 Å². The number of aryl methyl sites for hydroxylation is 1. The molecular weight excluding hydrogens is 246 g/mol. The van der Waals surface area contributed by atoms with Gasteiger partial charge in [0.2, 0.25) is 0 Å². The average Bonchev–Trinajstić information content (AvgIpc) is 2.62. The van der Waals surface area contributed by atoms with Crippen molar-refractivity contribution in [3.8, 4) is 0 Å². The molecule has 1 aromatic heterocycles. The van der Waals surface area contributed by atoms with Crippen molar-refractivity contribution >= 4 is 8.32 Å². The van der Waals surface area contributed by atoms with Crippen LogP contribution in [0, 0.1) is 0 Å². The van der Waals surface area contributed by atoms with E-state index in [1.807, 2.05) is 0 Å². The Balaban J connectivity index is 2.21. The molecule has 0 saturated heterocycles. The van der Waals surface area contributed by atoms with Crippen LogP contribution in [0.25, 0.3) is 0 Å². The number of oxazole rings is 1. The lowest BCUT2D eigenvalue weighted by atomic mass is 10.2. The van der Waals surface area contributed by atoms with E-state index in [1.165, 1.54) is 0 Å². The summed E-state index contributed by atoms with van der Waals surface area (Å²) in [6.45, 7) is 12.1. The molecule has 0 aliphatic rings. The summed E-state index contributed by atoms with van der Waals surface area (Å²) < 4.78 is 11.0. The highest BCUT2D eigenvalue weighted by molar-refractivity contribution is 6.74. The lowest BCUT2D eigenvalue weighted by molar-refractivity contribution is 0.277. The fourth-order valence-electron chi connectivity index (χ4n) is 1.39. The third-order valence-electron chi connectivity index (χ3n) is 3.66. The minimum absolute atomic E-state index is 0.264. The Morgan fingerprint density at radius 1 is 1.33 bits per heavy atom. The summed E-state index contributed by atoms with van der Waals surface area (Å²) in [7, 11) is -1.61. The number of unbranched alkanes of at least 4 members (excludes halogenated alkanes) is 1. The third-order valence-corrected chi connectivity index (χ3v) is 8.20. The molecule has 0 bridgehead atoms. The Morgan fingerprint density at radius 3 is 2.50 bits per heavy atom. The first-order valence-corrected chi connectivity index (χ1v) is 9.44. The fraction of sp³-hybridized carbons (Fsp3) is 0.769. The molecule has 18 heavy (non-hydrogen) atoms. The average molecular weight is 271 g/mol. The summed E-state index contributed by atoms with van der Waals surface area (Å²) >= 11 is 0. The molecule has 0 amide bonds. The summed E-state index contributed by atoms with van der Waals surface area (Å²) in [6.07, 6.45) is 4.41. The zero-order valence-electron chi connectivity index (χ0n) is 12.1. The Hall–Kier alpha value is -0.813. The predicted molar refractivity (Wildman–Crippen MR) is 75.4 cm³/mol. The van der Waals surface area contributed by atoms with E-state index in [9.17, 15) is 4.79 Å². The van der Waals surface area contributed by atoms with E-state index >= 15 is 0 Å². The number of H-pyrrole nitrogens is 1. The summed E-state index contributed by atoms with van der Waals surface area (Å²) in [5.41, 5.74) is 0. The smallest absolute Gasteiger partial charge is 0.416 e. The standard InChI is InChI=1S/C13H25NO3Si/c1-13(2,3)18(4,5)16-9-7-6-8-11-10-14-12(15)17-11/h10H,6-9H2,1-5H3,(H,14,15). The summed E-state index contributed by atoms with van der Waals surface area (Å²) in [6, 6.07) is 0. The summed E-state index contributed by atoms with van der Waals surface area (Å²) in [5, 5.41) is 0.264. The molecule has 1 N–H and O–H groups in total. The van der Waals surface area contributed by atoms with E-state index in [-0.39, 0.29) is 10.8 Å². The van der Waals surface area contributed by atoms with Gasteiger partial charge in [0.05, 0.1) is 0 Å². The molecular formula is C13H25NO3Si. The molecule has 104 valence electrons. The molecule has 4 nitrogen and oxygen atoms in total. The monoisotopic (exact) mass is 271 g/mol. The zero-order valence-corrected chi connectivity index (χ0v) is 13.1. The van der Waals surface area contributed by atoms with E-state index in [2.05, 4.69) is 38.8 Å². The highest BCUT2D eigenvalue weighted by atomic mass is 28.4. The zero-order chi connectivity index (χ0) is 13.8. The SMILES string of the molecule is CC(C)(C)[Si](C)(C)OCCCCc1c[nH]c(=O)o1. The molecule has 0 spiro atoms. The van der Waals surface area contributed by atoms with Crippen LogP contribution in [0.2, 0.25) is 18.1 Å². The van der Waals surface area contributed by atoms with Crippen LogP contribution in [0.3, 0.4) is 0 Å². The highest BCUT2D eigenvalue weighted by Gasteiger charge is 2.36. The molecule has 0 atom stereocenters. The molecule has 0 aromatic carbocycles. The maximum absolute atomic E-state index is 10.8. The molecule has 1 rings (SSSR count). The first kappa shape index (κ1) is 15.2. The van der Waals surface area contributed by atoms with Gasteiger partial charge in [-0.15, -0.1) is 0 Å². The Labute approximate surface area is 110 Å². The van der Waals surface area contributed by atoms with Gasteiger partial charge in [0.1, 0.15) is 5.76 Å². The molecule has 0 aliphatic carbocycles. The second-order valence-electron chi connectivity index (χ2n) is 6.21. The van der Waals surface area contributed by atoms with Crippen LogP contribution in [0.4, 0.5) is 0 Å². The maximum atomic E-state index is 10.8. The number of nitrogens with one attached hydrogen (secondary N) is 1. The predicted octanol–water partition coefficient (Wildman–Crippen LogP) is 3.31. The van der Waals surface area contributed by atoms with Crippen LogP contribution in [0.5, 0.6) is 0 Å². The van der Waals surface area contributed by atoms with Crippen LogP contribution in [-0.4, -0.2) is 19.9 Å². The van der Waals surface area contributed by atoms with E-state index in [4.69, 9.17) is 8.84 Å². The van der Waals surface area contributed by atoms with Gasteiger partial charge >= 0.3 is 5.76 Å². The van der Waals surface area contributed by atoms with Crippen LogP contribution in [0.1, 0.15) is 39.4 Å². The molecule has 1 heterocycles. The van der Waals surface area contributed by atoms with Crippen LogP contribution >= 0.6 is 0 Å². The van der Waals surface area contributed by atoms with Gasteiger partial charge in [-0.3, -0.25) is 4.98 Å². The lowest BCUT2D eigenvalue weighted by Gasteiger charge is -2.36. The quantitative estimate of drug-likeness (QED) is 0.638. The van der Waals surface area contributed by atoms with Gasteiger partial charge in [0, 0.05) is 19.2 Å². The van der Waals surface area contributed by atoms with Crippen molar-refractivity contribution in [3.05, 3.63) is 22.5 Å². The van der Waals surface area contributed by atoms with Gasteiger partial charge in [-0.2, -0.15) is 0 Å². The van der Waals surface area contributed by atoms with E-state index in [0.29, 0.717) is 0 Å². The first-order valence-electron chi connectivity index (χ1n) is 6.54. The minimum Gasteiger partial charge on any atom is -0.417 e. The number of aromatic nitrogens is 1. The van der Waals surface area contributed by atoms with Crippen molar-refractivity contribution in [3.63, 3.8) is 0 Å². The normalized spacial score (nSPS) is 12.9. The number of aromatic amines is 1. The Morgan fingerprint density at radius 2 is 2.00 bits per heavy atom. The number of hydrogen-bond donors (Lipinski definition) is 1. The first-order chi connectivity index (χ1) is 8.22. The minimum atomic E-state index is -1.61. The largest absolute Gasteiger partial charge is 0.417 e. The van der Waals surface area contributed by atoms with Crippen LogP contribution in [0.15, 0.2) is 15.4 Å². The highest BCUT2D eigenvalue weighted by Crippen LogP contribution is 2.36. The number of hydrogen-bond acceptors (Lipinski definition) is 3. The molecule has 0 unspecified atom stereocenters. The topological polar surface area (TPSA) is 55.2 Å². The van der Waals surface area contributed by atoms with Crippen molar-refractivity contribution in [2.45, 2.75) is 58.2 Å². The van der Waals surface area contributed by atoms with Crippen LogP contribution < -0.4 is 5.76 Å². The molecule has 1 aromatic rings. The van der Waals surface area contributed by atoms with Crippen molar-refractivity contribution in [2.24, 2.45) is 0 Å². The van der Waals surface area contributed by atoms with Gasteiger partial charge in [0.15, 0.2) is 8.32 Å². The van der Waals surface area contributed by atoms with Crippen molar-refractivity contribution in [2.75, 3.05) is 6.61 Å². The molecule has 0 saturated carbocycles. The fourth-order valence-corrected chi connectivity index (χ4v) is 2.47. The third kappa shape index (κ3) is 4.46. The van der Waals surface area contributed by atoms with Gasteiger partial charge in [-0.05, 0) is 31.0 Å². The second kappa shape index (κ2) is 5.89. The van der Waals surface area contributed by atoms with Gasteiger partial charge in [-0.25, -0.2) is 4.79 Å². The molecule has 0 fully saturated rings. The molecule has 0 radical (unpaired) electrons. The summed E-state index contributed by atoms with van der Waals surface area (Å²) in [5.74, 6) is 0.356. The van der Waals surface area contributed by atoms with Crippen molar-refractivity contribution in [1.29, 1.82) is 0 Å². The van der Waals surface area contributed by atoms with Gasteiger partial charge < -0.3 is 8.84 Å². The summed E-state index contributed by atoms with van der Waals surface area (Å²) in [4.78, 5) is 13.3. The number of rotatable bonds is 6. The van der Waals surface area contributed by atoms with E-state index in [1.54, 1.807) is 6.20 Å². The molecule has 5 heteroatoms. The maximum Gasteiger partial charge on any atom is 0.416 e.